The number of aliphatic hydroxyl groups excluding tert-OH is 1. The Morgan fingerprint density at radius 2 is 2.00 bits per heavy atom. The van der Waals surface area contributed by atoms with E-state index in [9.17, 15) is 5.11 Å². The maximum atomic E-state index is 10.0. The number of anilines is 1. The molecular formula is C24H29N5O2. The van der Waals surface area contributed by atoms with Gasteiger partial charge in [0.15, 0.2) is 0 Å². The molecule has 0 saturated carbocycles. The molecule has 3 atom stereocenters. The van der Waals surface area contributed by atoms with Gasteiger partial charge in [0.1, 0.15) is 11.9 Å². The average Bonchev–Trinajstić information content (AvgIpc) is 3.22. The van der Waals surface area contributed by atoms with Crippen molar-refractivity contribution in [3.63, 3.8) is 0 Å². The van der Waals surface area contributed by atoms with Gasteiger partial charge in [-0.25, -0.2) is 9.97 Å². The number of nitrogens with zero attached hydrogens (tertiary/aromatic N) is 2. The molecule has 31 heavy (non-hydrogen) atoms. The fraction of sp³-hybridized carbons (Fsp3) is 0.333. The first-order chi connectivity index (χ1) is 15.2. The van der Waals surface area contributed by atoms with E-state index in [0.717, 1.165) is 35.5 Å². The topological polar surface area (TPSA) is 91.3 Å². The second kappa shape index (κ2) is 10.3. The van der Waals surface area contributed by atoms with Crippen LogP contribution < -0.4 is 20.7 Å². The second-order valence-electron chi connectivity index (χ2n) is 7.68. The van der Waals surface area contributed by atoms with Crippen molar-refractivity contribution in [1.82, 2.24) is 20.6 Å². The Balaban J connectivity index is 1.51. The van der Waals surface area contributed by atoms with Crippen LogP contribution in [0, 0.1) is 0 Å². The molecular weight excluding hydrogens is 390 g/mol. The van der Waals surface area contributed by atoms with Crippen LogP contribution in [-0.4, -0.2) is 53.9 Å². The van der Waals surface area contributed by atoms with E-state index in [-0.39, 0.29) is 12.1 Å². The number of β-amino-alcohol motifs (C(OH)–C–C–N with tert-alkyl or cyclic N) is 1. The summed E-state index contributed by atoms with van der Waals surface area (Å²) in [5.74, 6) is 1.30. The highest BCUT2D eigenvalue weighted by Crippen LogP contribution is 2.28. The lowest BCUT2D eigenvalue weighted by Crippen LogP contribution is -2.32. The van der Waals surface area contributed by atoms with Gasteiger partial charge in [-0.1, -0.05) is 42.5 Å². The van der Waals surface area contributed by atoms with Crippen LogP contribution in [0.25, 0.3) is 11.3 Å². The molecule has 7 heteroatoms. The minimum atomic E-state index is -0.448. The normalized spacial score (nSPS) is 19.2. The molecule has 0 bridgehead atoms. The van der Waals surface area contributed by atoms with Crippen LogP contribution >= 0.6 is 0 Å². The van der Waals surface area contributed by atoms with Gasteiger partial charge in [-0.05, 0) is 37.4 Å². The third-order valence-electron chi connectivity index (χ3n) is 5.39. The van der Waals surface area contributed by atoms with Gasteiger partial charge in [-0.3, -0.25) is 0 Å². The summed E-state index contributed by atoms with van der Waals surface area (Å²) in [5, 5.41) is 19.6. The van der Waals surface area contributed by atoms with E-state index in [1.807, 2.05) is 55.6 Å². The first-order valence-corrected chi connectivity index (χ1v) is 10.7. The molecule has 1 fully saturated rings. The van der Waals surface area contributed by atoms with Gasteiger partial charge in [0.2, 0.25) is 5.95 Å². The van der Waals surface area contributed by atoms with Crippen molar-refractivity contribution in [2.45, 2.75) is 24.7 Å². The zero-order chi connectivity index (χ0) is 21.5. The lowest BCUT2D eigenvalue weighted by Gasteiger charge is -2.20. The highest BCUT2D eigenvalue weighted by Gasteiger charge is 2.25. The number of nitrogens with one attached hydrogen (secondary N) is 3. The highest BCUT2D eigenvalue weighted by molar-refractivity contribution is 5.62. The summed E-state index contributed by atoms with van der Waals surface area (Å²) in [4.78, 5) is 8.95. The summed E-state index contributed by atoms with van der Waals surface area (Å²) in [6, 6.07) is 20.0. The highest BCUT2D eigenvalue weighted by atomic mass is 16.5. The Morgan fingerprint density at radius 1 is 1.13 bits per heavy atom. The second-order valence-corrected chi connectivity index (χ2v) is 7.68. The number of aliphatic hydroxyl groups is 1. The lowest BCUT2D eigenvalue weighted by molar-refractivity contribution is 0.185. The summed E-state index contributed by atoms with van der Waals surface area (Å²) in [7, 11) is 1.95. The lowest BCUT2D eigenvalue weighted by atomic mass is 10.1. The molecule has 0 spiro atoms. The standard InChI is InChI=1S/C24H29N5O2/c1-25-12-11-23(17-6-3-2-4-7-17)31-19-9-5-8-18(14-19)20-10-13-27-24(28-20)29-21-15-26-16-22(21)30/h2-10,13-14,21-23,25-26,30H,11-12,15-16H2,1H3,(H,27,28,29)/t21-,22-,23?/m0/s1. The number of aromatic nitrogens is 2. The third-order valence-corrected chi connectivity index (χ3v) is 5.39. The Labute approximate surface area is 182 Å². The molecule has 2 heterocycles. The van der Waals surface area contributed by atoms with Crippen molar-refractivity contribution in [1.29, 1.82) is 0 Å². The molecule has 1 aromatic heterocycles. The van der Waals surface area contributed by atoms with E-state index in [2.05, 4.69) is 38.1 Å². The minimum absolute atomic E-state index is 0.0390. The molecule has 1 aliphatic heterocycles. The Bertz CT molecular complexity index is 969. The van der Waals surface area contributed by atoms with Crippen molar-refractivity contribution >= 4 is 5.95 Å². The van der Waals surface area contributed by atoms with E-state index < -0.39 is 6.10 Å². The minimum Gasteiger partial charge on any atom is -0.486 e. The fourth-order valence-corrected chi connectivity index (χ4v) is 3.70. The Morgan fingerprint density at radius 3 is 2.77 bits per heavy atom. The van der Waals surface area contributed by atoms with E-state index in [1.54, 1.807) is 6.20 Å². The Hall–Kier alpha value is -3.00. The molecule has 0 radical (unpaired) electrons. The van der Waals surface area contributed by atoms with Crippen molar-refractivity contribution in [3.8, 4) is 17.0 Å². The summed E-state index contributed by atoms with van der Waals surface area (Å²) >= 11 is 0. The van der Waals surface area contributed by atoms with Gasteiger partial charge in [0.05, 0.1) is 17.8 Å². The van der Waals surface area contributed by atoms with Crippen LogP contribution in [0.15, 0.2) is 66.9 Å². The third kappa shape index (κ3) is 5.58. The van der Waals surface area contributed by atoms with Crippen molar-refractivity contribution in [3.05, 3.63) is 72.4 Å². The van der Waals surface area contributed by atoms with Crippen molar-refractivity contribution in [2.24, 2.45) is 0 Å². The van der Waals surface area contributed by atoms with Gasteiger partial charge in [-0.2, -0.15) is 0 Å². The predicted molar refractivity (Wildman–Crippen MR) is 122 cm³/mol. The van der Waals surface area contributed by atoms with E-state index in [1.165, 1.54) is 0 Å². The molecule has 1 unspecified atom stereocenters. The quantitative estimate of drug-likeness (QED) is 0.424. The molecule has 2 aromatic carbocycles. The summed E-state index contributed by atoms with van der Waals surface area (Å²) in [6.45, 7) is 2.13. The van der Waals surface area contributed by atoms with Crippen LogP contribution in [0.1, 0.15) is 18.1 Å². The zero-order valence-corrected chi connectivity index (χ0v) is 17.7. The maximum absolute atomic E-state index is 10.0. The molecule has 162 valence electrons. The largest absolute Gasteiger partial charge is 0.486 e. The van der Waals surface area contributed by atoms with Crippen molar-refractivity contribution < 1.29 is 9.84 Å². The maximum Gasteiger partial charge on any atom is 0.223 e. The number of rotatable bonds is 9. The summed E-state index contributed by atoms with van der Waals surface area (Å²) in [5.41, 5.74) is 2.91. The molecule has 0 aliphatic carbocycles. The zero-order valence-electron chi connectivity index (χ0n) is 17.7. The smallest absolute Gasteiger partial charge is 0.223 e. The number of benzene rings is 2. The molecule has 4 rings (SSSR count). The first-order valence-electron chi connectivity index (χ1n) is 10.7. The molecule has 0 amide bonds. The molecule has 3 aromatic rings. The summed E-state index contributed by atoms with van der Waals surface area (Å²) in [6.07, 6.45) is 2.11. The summed E-state index contributed by atoms with van der Waals surface area (Å²) < 4.78 is 6.38. The van der Waals surface area contributed by atoms with Crippen LogP contribution in [0.4, 0.5) is 5.95 Å². The number of ether oxygens (including phenoxy) is 1. The van der Waals surface area contributed by atoms with Crippen LogP contribution in [0.2, 0.25) is 0 Å². The SMILES string of the molecule is CNCCC(Oc1cccc(-c2ccnc(N[C@H]3CNC[C@@H]3O)n2)c1)c1ccccc1. The van der Waals surface area contributed by atoms with Gasteiger partial charge < -0.3 is 25.8 Å². The van der Waals surface area contributed by atoms with E-state index in [0.29, 0.717) is 19.0 Å². The van der Waals surface area contributed by atoms with Crippen molar-refractivity contribution in [2.75, 3.05) is 32.0 Å². The Kier molecular flexibility index (Phi) is 7.09. The van der Waals surface area contributed by atoms with Crippen LogP contribution in [0.5, 0.6) is 5.75 Å². The van der Waals surface area contributed by atoms with Gasteiger partial charge in [-0.15, -0.1) is 0 Å². The first kappa shape index (κ1) is 21.2. The molecule has 1 aliphatic rings. The van der Waals surface area contributed by atoms with Gasteiger partial charge in [0, 0.05) is 31.3 Å². The molecule has 1 saturated heterocycles. The predicted octanol–water partition coefficient (Wildman–Crippen LogP) is 2.62. The fourth-order valence-electron chi connectivity index (χ4n) is 3.70. The number of hydrogen-bond acceptors (Lipinski definition) is 7. The average molecular weight is 420 g/mol. The van der Waals surface area contributed by atoms with E-state index in [4.69, 9.17) is 4.74 Å². The monoisotopic (exact) mass is 419 g/mol. The van der Waals surface area contributed by atoms with Gasteiger partial charge >= 0.3 is 0 Å². The van der Waals surface area contributed by atoms with Crippen LogP contribution in [-0.2, 0) is 0 Å². The molecule has 4 N–H and O–H groups in total. The van der Waals surface area contributed by atoms with E-state index >= 15 is 0 Å². The van der Waals surface area contributed by atoms with Crippen LogP contribution in [0.3, 0.4) is 0 Å². The van der Waals surface area contributed by atoms with Gasteiger partial charge in [0.25, 0.3) is 0 Å². The molecule has 7 nitrogen and oxygen atoms in total. The number of hydrogen-bond donors (Lipinski definition) is 4.